The molecule has 98 valence electrons. The van der Waals surface area contributed by atoms with Gasteiger partial charge in [0.15, 0.2) is 5.69 Å². The Labute approximate surface area is 110 Å². The van der Waals surface area contributed by atoms with Crippen molar-refractivity contribution < 1.29 is 14.6 Å². The minimum absolute atomic E-state index is 0.0115. The number of methoxy groups -OCH3 is 1. The van der Waals surface area contributed by atoms with E-state index in [4.69, 9.17) is 4.74 Å². The number of benzene rings is 1. The number of nitrogens with zero attached hydrogens (tertiary/aromatic N) is 1. The molecule has 1 amide bonds. The fourth-order valence-electron chi connectivity index (χ4n) is 1.68. The number of carbonyl (C=O) groups excluding carboxylic acids is 1. The summed E-state index contributed by atoms with van der Waals surface area (Å²) in [4.78, 5) is 15.7. The molecular formula is C14H14N2O3. The number of aromatic hydroxyl groups is 1. The van der Waals surface area contributed by atoms with Crippen molar-refractivity contribution in [1.82, 2.24) is 10.3 Å². The SMILES string of the molecule is COc1ccccc1CNC(=O)c1ncccc1O. The molecule has 2 aromatic rings. The Balaban J connectivity index is 2.07. The number of carbonyl (C=O) groups is 1. The van der Waals surface area contributed by atoms with Gasteiger partial charge < -0.3 is 15.2 Å². The summed E-state index contributed by atoms with van der Waals surface area (Å²) in [6.07, 6.45) is 1.46. The van der Waals surface area contributed by atoms with Crippen molar-refractivity contribution in [3.8, 4) is 11.5 Å². The van der Waals surface area contributed by atoms with Crippen molar-refractivity contribution in [2.24, 2.45) is 0 Å². The van der Waals surface area contributed by atoms with Gasteiger partial charge in [-0.05, 0) is 18.2 Å². The molecule has 0 saturated heterocycles. The van der Waals surface area contributed by atoms with Gasteiger partial charge in [-0.1, -0.05) is 18.2 Å². The van der Waals surface area contributed by atoms with E-state index in [0.29, 0.717) is 12.3 Å². The zero-order valence-corrected chi connectivity index (χ0v) is 10.5. The highest BCUT2D eigenvalue weighted by atomic mass is 16.5. The van der Waals surface area contributed by atoms with E-state index in [1.165, 1.54) is 12.3 Å². The van der Waals surface area contributed by atoms with E-state index in [9.17, 15) is 9.90 Å². The first-order chi connectivity index (χ1) is 9.22. The molecule has 0 aliphatic carbocycles. The summed E-state index contributed by atoms with van der Waals surface area (Å²) in [7, 11) is 1.57. The monoisotopic (exact) mass is 258 g/mol. The molecule has 1 aromatic heterocycles. The zero-order chi connectivity index (χ0) is 13.7. The Morgan fingerprint density at radius 1 is 1.32 bits per heavy atom. The zero-order valence-electron chi connectivity index (χ0n) is 10.5. The van der Waals surface area contributed by atoms with Crippen molar-refractivity contribution in [1.29, 1.82) is 0 Å². The Morgan fingerprint density at radius 3 is 2.84 bits per heavy atom. The van der Waals surface area contributed by atoms with Crippen LogP contribution >= 0.6 is 0 Å². The van der Waals surface area contributed by atoms with Gasteiger partial charge in [0.1, 0.15) is 11.5 Å². The van der Waals surface area contributed by atoms with Crippen LogP contribution in [0.4, 0.5) is 0 Å². The summed E-state index contributed by atoms with van der Waals surface area (Å²) in [5, 5.41) is 12.2. The van der Waals surface area contributed by atoms with Crippen molar-refractivity contribution in [2.45, 2.75) is 6.54 Å². The molecule has 0 atom stereocenters. The molecule has 5 nitrogen and oxygen atoms in total. The predicted molar refractivity (Wildman–Crippen MR) is 70.1 cm³/mol. The summed E-state index contributed by atoms with van der Waals surface area (Å²) >= 11 is 0. The van der Waals surface area contributed by atoms with Gasteiger partial charge in [0.05, 0.1) is 7.11 Å². The van der Waals surface area contributed by atoms with Crippen LogP contribution in [0, 0.1) is 0 Å². The lowest BCUT2D eigenvalue weighted by molar-refractivity contribution is 0.0942. The van der Waals surface area contributed by atoms with Crippen LogP contribution in [-0.2, 0) is 6.54 Å². The van der Waals surface area contributed by atoms with Crippen LogP contribution in [0.2, 0.25) is 0 Å². The second-order valence-electron chi connectivity index (χ2n) is 3.87. The van der Waals surface area contributed by atoms with Crippen molar-refractivity contribution in [3.05, 3.63) is 53.9 Å². The summed E-state index contributed by atoms with van der Waals surface area (Å²) < 4.78 is 5.19. The minimum atomic E-state index is -0.427. The Kier molecular flexibility index (Phi) is 3.97. The lowest BCUT2D eigenvalue weighted by atomic mass is 10.2. The van der Waals surface area contributed by atoms with Crippen molar-refractivity contribution >= 4 is 5.91 Å². The van der Waals surface area contributed by atoms with Gasteiger partial charge in [0.2, 0.25) is 0 Å². The van der Waals surface area contributed by atoms with Gasteiger partial charge in [0, 0.05) is 18.3 Å². The van der Waals surface area contributed by atoms with E-state index < -0.39 is 5.91 Å². The number of ether oxygens (including phenoxy) is 1. The molecule has 0 fully saturated rings. The third-order valence-electron chi connectivity index (χ3n) is 2.63. The number of amides is 1. The molecule has 0 spiro atoms. The summed E-state index contributed by atoms with van der Waals surface area (Å²) in [5.41, 5.74) is 0.867. The lowest BCUT2D eigenvalue weighted by Crippen LogP contribution is -2.24. The first-order valence-corrected chi connectivity index (χ1v) is 5.76. The maximum Gasteiger partial charge on any atom is 0.274 e. The minimum Gasteiger partial charge on any atom is -0.505 e. The van der Waals surface area contributed by atoms with E-state index in [1.807, 2.05) is 24.3 Å². The molecule has 0 aliphatic heterocycles. The van der Waals surface area contributed by atoms with Crippen LogP contribution in [-0.4, -0.2) is 23.1 Å². The highest BCUT2D eigenvalue weighted by molar-refractivity contribution is 5.94. The van der Waals surface area contributed by atoms with Crippen LogP contribution < -0.4 is 10.1 Å². The molecule has 19 heavy (non-hydrogen) atoms. The normalized spacial score (nSPS) is 9.95. The van der Waals surface area contributed by atoms with Crippen LogP contribution in [0.25, 0.3) is 0 Å². The number of para-hydroxylation sites is 1. The number of hydrogen-bond donors (Lipinski definition) is 2. The second kappa shape index (κ2) is 5.86. The number of pyridine rings is 1. The standard InChI is InChI=1S/C14H14N2O3/c1-19-12-7-3-2-5-10(12)9-16-14(18)13-11(17)6-4-8-15-13/h2-8,17H,9H2,1H3,(H,16,18). The van der Waals surface area contributed by atoms with Crippen LogP contribution in [0.15, 0.2) is 42.6 Å². The van der Waals surface area contributed by atoms with Gasteiger partial charge in [0.25, 0.3) is 5.91 Å². The molecule has 0 saturated carbocycles. The summed E-state index contributed by atoms with van der Waals surface area (Å²) in [6, 6.07) is 10.4. The third-order valence-corrected chi connectivity index (χ3v) is 2.63. The largest absolute Gasteiger partial charge is 0.505 e. The number of aromatic nitrogens is 1. The van der Waals surface area contributed by atoms with E-state index in [-0.39, 0.29) is 11.4 Å². The molecule has 0 radical (unpaired) electrons. The maximum atomic E-state index is 11.9. The Morgan fingerprint density at radius 2 is 2.11 bits per heavy atom. The average molecular weight is 258 g/mol. The Bertz CT molecular complexity index is 584. The average Bonchev–Trinajstić information content (AvgIpc) is 2.45. The predicted octanol–water partition coefficient (Wildman–Crippen LogP) is 1.73. The van der Waals surface area contributed by atoms with E-state index in [0.717, 1.165) is 5.56 Å². The summed E-state index contributed by atoms with van der Waals surface area (Å²) in [5.74, 6) is 0.136. The van der Waals surface area contributed by atoms with Crippen molar-refractivity contribution in [2.75, 3.05) is 7.11 Å². The molecule has 0 bridgehead atoms. The molecule has 2 rings (SSSR count). The second-order valence-corrected chi connectivity index (χ2v) is 3.87. The Hall–Kier alpha value is -2.56. The first-order valence-electron chi connectivity index (χ1n) is 5.76. The summed E-state index contributed by atoms with van der Waals surface area (Å²) in [6.45, 7) is 0.304. The molecule has 2 N–H and O–H groups in total. The van der Waals surface area contributed by atoms with Crippen LogP contribution in [0.3, 0.4) is 0 Å². The van der Waals surface area contributed by atoms with Gasteiger partial charge in [-0.2, -0.15) is 0 Å². The number of nitrogens with one attached hydrogen (secondary N) is 1. The van der Waals surface area contributed by atoms with E-state index in [2.05, 4.69) is 10.3 Å². The fourth-order valence-corrected chi connectivity index (χ4v) is 1.68. The molecule has 5 heteroatoms. The highest BCUT2D eigenvalue weighted by Gasteiger charge is 2.12. The van der Waals surface area contributed by atoms with Gasteiger partial charge in [-0.25, -0.2) is 4.98 Å². The molecular weight excluding hydrogens is 244 g/mol. The van der Waals surface area contributed by atoms with Gasteiger partial charge >= 0.3 is 0 Å². The van der Waals surface area contributed by atoms with E-state index >= 15 is 0 Å². The smallest absolute Gasteiger partial charge is 0.274 e. The topological polar surface area (TPSA) is 71.5 Å². The van der Waals surface area contributed by atoms with E-state index in [1.54, 1.807) is 13.2 Å². The van der Waals surface area contributed by atoms with Crippen molar-refractivity contribution in [3.63, 3.8) is 0 Å². The van der Waals surface area contributed by atoms with Crippen LogP contribution in [0.5, 0.6) is 11.5 Å². The fraction of sp³-hybridized carbons (Fsp3) is 0.143. The molecule has 0 unspecified atom stereocenters. The molecule has 0 aliphatic rings. The number of hydrogen-bond acceptors (Lipinski definition) is 4. The third kappa shape index (κ3) is 3.01. The quantitative estimate of drug-likeness (QED) is 0.876. The maximum absolute atomic E-state index is 11.9. The number of rotatable bonds is 4. The first kappa shape index (κ1) is 12.9. The van der Waals surface area contributed by atoms with Gasteiger partial charge in [-0.3, -0.25) is 4.79 Å². The van der Waals surface area contributed by atoms with Crippen LogP contribution in [0.1, 0.15) is 16.1 Å². The molecule has 1 aromatic carbocycles. The van der Waals surface area contributed by atoms with Gasteiger partial charge in [-0.15, -0.1) is 0 Å². The highest BCUT2D eigenvalue weighted by Crippen LogP contribution is 2.17. The lowest BCUT2D eigenvalue weighted by Gasteiger charge is -2.09. The molecule has 1 heterocycles.